The molecule has 0 radical (unpaired) electrons. The zero-order chi connectivity index (χ0) is 22.4. The topological polar surface area (TPSA) is 120 Å². The number of nitrogens with one attached hydrogen (secondary N) is 3. The predicted molar refractivity (Wildman–Crippen MR) is 120 cm³/mol. The number of carbonyl (C=O) groups excluding carboxylic acids is 3. The lowest BCUT2D eigenvalue weighted by Crippen LogP contribution is -2.55. The molecule has 31 heavy (non-hydrogen) atoms. The van der Waals surface area contributed by atoms with Gasteiger partial charge in [0.05, 0.1) is 0 Å². The van der Waals surface area contributed by atoms with E-state index < -0.39 is 24.1 Å². The fourth-order valence-corrected chi connectivity index (χ4v) is 3.40. The average molecular weight is 445 g/mol. The van der Waals surface area contributed by atoms with Crippen LogP contribution in [0.3, 0.4) is 0 Å². The van der Waals surface area contributed by atoms with Gasteiger partial charge in [-0.2, -0.15) is 0 Å². The van der Waals surface area contributed by atoms with E-state index in [0.717, 1.165) is 5.56 Å². The molecule has 5 N–H and O–H groups in total. The Labute approximate surface area is 185 Å². The highest BCUT2D eigenvalue weighted by Gasteiger charge is 2.42. The third kappa shape index (κ3) is 5.65. The molecule has 2 aromatic carbocycles. The fraction of sp³-hybridized carbons (Fsp3) is 0.286. The number of aryl methyl sites for hydroxylation is 1. The number of hydrogen-bond donors (Lipinski definition) is 4. The molecule has 10 heteroatoms. The fourth-order valence-electron chi connectivity index (χ4n) is 3.27. The molecule has 0 saturated carbocycles. The Morgan fingerprint density at radius 1 is 1.00 bits per heavy atom. The van der Waals surface area contributed by atoms with Crippen molar-refractivity contribution in [2.24, 2.45) is 5.73 Å². The summed E-state index contributed by atoms with van der Waals surface area (Å²) in [7, 11) is 0. The lowest BCUT2D eigenvalue weighted by atomic mass is 10.2. The van der Waals surface area contributed by atoms with Gasteiger partial charge in [-0.1, -0.05) is 23.7 Å². The third-order valence-corrected chi connectivity index (χ3v) is 4.99. The second-order valence-electron chi connectivity index (χ2n) is 7.08. The first kappa shape index (κ1) is 22.4. The molecule has 9 nitrogen and oxygen atoms in total. The first-order valence-corrected chi connectivity index (χ1v) is 10.2. The van der Waals surface area contributed by atoms with E-state index >= 15 is 0 Å². The summed E-state index contributed by atoms with van der Waals surface area (Å²) in [4.78, 5) is 41.2. The summed E-state index contributed by atoms with van der Waals surface area (Å²) >= 11 is 5.88. The molecule has 2 aromatic rings. The zero-order valence-corrected chi connectivity index (χ0v) is 17.9. The van der Waals surface area contributed by atoms with Crippen LogP contribution in [-0.4, -0.2) is 60.1 Å². The monoisotopic (exact) mass is 444 g/mol. The van der Waals surface area contributed by atoms with E-state index in [4.69, 9.17) is 17.3 Å². The number of carbonyl (C=O) groups is 3. The molecular weight excluding hydrogens is 420 g/mol. The van der Waals surface area contributed by atoms with Crippen LogP contribution < -0.4 is 21.7 Å². The highest BCUT2D eigenvalue weighted by Crippen LogP contribution is 2.20. The van der Waals surface area contributed by atoms with Crippen molar-refractivity contribution in [3.05, 3.63) is 59.1 Å². The minimum atomic E-state index is -1.11. The third-order valence-electron chi connectivity index (χ3n) is 4.74. The predicted octanol–water partition coefficient (Wildman–Crippen LogP) is 2.43. The molecule has 0 bridgehead atoms. The Morgan fingerprint density at radius 2 is 1.61 bits per heavy atom. The number of hydrogen-bond acceptors (Lipinski definition) is 4. The van der Waals surface area contributed by atoms with E-state index in [1.54, 1.807) is 30.3 Å². The quantitative estimate of drug-likeness (QED) is 0.566. The van der Waals surface area contributed by atoms with Crippen molar-refractivity contribution in [3.8, 4) is 0 Å². The molecule has 164 valence electrons. The summed E-state index contributed by atoms with van der Waals surface area (Å²) in [6, 6.07) is 13.0. The van der Waals surface area contributed by atoms with Crippen molar-refractivity contribution < 1.29 is 14.4 Å². The van der Waals surface area contributed by atoms with Crippen LogP contribution in [0.25, 0.3) is 0 Å². The number of halogens is 1. The van der Waals surface area contributed by atoms with Crippen LogP contribution >= 0.6 is 11.6 Å². The molecule has 1 unspecified atom stereocenters. The van der Waals surface area contributed by atoms with E-state index in [0.29, 0.717) is 16.4 Å². The SMILES string of the molecule is Cc1cccc(NC(=O)N2CCN(C(=O)Nc3ccc(Cl)cc3)C2C(=O)NCCN)c1. The summed E-state index contributed by atoms with van der Waals surface area (Å²) in [6.07, 6.45) is -1.11. The summed E-state index contributed by atoms with van der Waals surface area (Å²) in [5.74, 6) is -0.478. The average Bonchev–Trinajstić information content (AvgIpc) is 3.19. The van der Waals surface area contributed by atoms with Crippen LogP contribution in [0.15, 0.2) is 48.5 Å². The second-order valence-corrected chi connectivity index (χ2v) is 7.51. The van der Waals surface area contributed by atoms with Crippen molar-refractivity contribution in [1.29, 1.82) is 0 Å². The van der Waals surface area contributed by atoms with Gasteiger partial charge in [-0.3, -0.25) is 14.6 Å². The van der Waals surface area contributed by atoms with Crippen LogP contribution in [0.5, 0.6) is 0 Å². The number of benzene rings is 2. The Hall–Kier alpha value is -3.30. The van der Waals surface area contributed by atoms with Gasteiger partial charge in [0.2, 0.25) is 0 Å². The normalized spacial score (nSPS) is 15.5. The van der Waals surface area contributed by atoms with Gasteiger partial charge in [0.25, 0.3) is 5.91 Å². The van der Waals surface area contributed by atoms with Crippen molar-refractivity contribution in [3.63, 3.8) is 0 Å². The molecule has 1 aliphatic heterocycles. The van der Waals surface area contributed by atoms with Gasteiger partial charge < -0.3 is 21.7 Å². The molecule has 0 spiro atoms. The van der Waals surface area contributed by atoms with E-state index in [-0.39, 0.29) is 26.2 Å². The Kier molecular flexibility index (Phi) is 7.32. The molecule has 1 atom stereocenters. The van der Waals surface area contributed by atoms with E-state index in [9.17, 15) is 14.4 Å². The highest BCUT2D eigenvalue weighted by atomic mass is 35.5. The highest BCUT2D eigenvalue weighted by molar-refractivity contribution is 6.30. The summed E-state index contributed by atoms with van der Waals surface area (Å²) in [5.41, 5.74) is 7.60. The lowest BCUT2D eigenvalue weighted by Gasteiger charge is -2.29. The van der Waals surface area contributed by atoms with Crippen LogP contribution in [0.1, 0.15) is 5.56 Å². The van der Waals surface area contributed by atoms with E-state index in [2.05, 4.69) is 16.0 Å². The van der Waals surface area contributed by atoms with Crippen LogP contribution in [0.2, 0.25) is 5.02 Å². The van der Waals surface area contributed by atoms with E-state index in [1.165, 1.54) is 9.80 Å². The van der Waals surface area contributed by atoms with Gasteiger partial charge in [0.1, 0.15) is 0 Å². The molecule has 1 aliphatic rings. The molecule has 3 rings (SSSR count). The van der Waals surface area contributed by atoms with Gasteiger partial charge in [0.15, 0.2) is 6.17 Å². The summed E-state index contributed by atoms with van der Waals surface area (Å²) < 4.78 is 0. The molecular formula is C21H25ClN6O3. The van der Waals surface area contributed by atoms with Gasteiger partial charge in [-0.25, -0.2) is 9.59 Å². The largest absolute Gasteiger partial charge is 0.351 e. The minimum Gasteiger partial charge on any atom is -0.351 e. The van der Waals surface area contributed by atoms with Gasteiger partial charge in [0, 0.05) is 42.6 Å². The molecule has 5 amide bonds. The van der Waals surface area contributed by atoms with Gasteiger partial charge in [-0.15, -0.1) is 0 Å². The maximum Gasteiger partial charge on any atom is 0.323 e. The molecule has 1 saturated heterocycles. The standard InChI is InChI=1S/C21H25ClN6O3/c1-14-3-2-4-17(13-14)26-21(31)28-12-11-27(19(28)18(29)24-10-9-23)20(30)25-16-7-5-15(22)6-8-16/h2-8,13,19H,9-12,23H2,1H3,(H,24,29)(H,25,30)(H,26,31). The number of anilines is 2. The lowest BCUT2D eigenvalue weighted by molar-refractivity contribution is -0.127. The zero-order valence-electron chi connectivity index (χ0n) is 17.1. The van der Waals surface area contributed by atoms with Gasteiger partial charge in [-0.05, 0) is 48.9 Å². The van der Waals surface area contributed by atoms with Crippen molar-refractivity contribution in [2.45, 2.75) is 13.1 Å². The maximum atomic E-state index is 12.9. The smallest absolute Gasteiger partial charge is 0.323 e. The maximum absolute atomic E-state index is 12.9. The Bertz CT molecular complexity index is 952. The minimum absolute atomic E-state index is 0.196. The summed E-state index contributed by atoms with van der Waals surface area (Å²) in [6.45, 7) is 2.78. The Balaban J connectivity index is 1.77. The van der Waals surface area contributed by atoms with Crippen molar-refractivity contribution in [1.82, 2.24) is 15.1 Å². The molecule has 0 aliphatic carbocycles. The number of nitrogens with two attached hydrogens (primary N) is 1. The van der Waals surface area contributed by atoms with Crippen LogP contribution in [0.4, 0.5) is 21.0 Å². The van der Waals surface area contributed by atoms with Crippen LogP contribution in [0, 0.1) is 6.92 Å². The molecule has 1 fully saturated rings. The second kappa shape index (κ2) is 10.1. The summed E-state index contributed by atoms with van der Waals surface area (Å²) in [5, 5.41) is 8.73. The molecule has 1 heterocycles. The Morgan fingerprint density at radius 3 is 2.19 bits per heavy atom. The number of rotatable bonds is 5. The first-order chi connectivity index (χ1) is 14.9. The number of amides is 5. The van der Waals surface area contributed by atoms with Crippen molar-refractivity contribution in [2.75, 3.05) is 36.8 Å². The van der Waals surface area contributed by atoms with Crippen molar-refractivity contribution >= 4 is 40.9 Å². The number of nitrogens with zero attached hydrogens (tertiary/aromatic N) is 2. The molecule has 0 aromatic heterocycles. The van der Waals surface area contributed by atoms with E-state index in [1.807, 2.05) is 25.1 Å². The van der Waals surface area contributed by atoms with Gasteiger partial charge >= 0.3 is 12.1 Å². The number of urea groups is 2. The first-order valence-electron chi connectivity index (χ1n) is 9.84. The van der Waals surface area contributed by atoms with Crippen LogP contribution in [-0.2, 0) is 4.79 Å².